The number of urea groups is 1. The molecule has 120 valence electrons. The number of carbonyl (C=O) groups is 2. The molecule has 0 unspecified atom stereocenters. The quantitative estimate of drug-likeness (QED) is 0.682. The molecule has 0 atom stereocenters. The highest BCUT2D eigenvalue weighted by Gasteiger charge is 2.34. The first-order chi connectivity index (χ1) is 11.6. The summed E-state index contributed by atoms with van der Waals surface area (Å²) >= 11 is 0. The first kappa shape index (κ1) is 14.3. The van der Waals surface area contributed by atoms with Crippen molar-refractivity contribution in [3.8, 4) is 11.5 Å². The maximum atomic E-state index is 12.6. The summed E-state index contributed by atoms with van der Waals surface area (Å²) in [6.45, 7) is 2.09. The maximum Gasteiger partial charge on any atom is 0.333 e. The number of rotatable bonds is 2. The monoisotopic (exact) mass is 322 g/mol. The zero-order chi connectivity index (χ0) is 16.7. The fraction of sp³-hybridized carbons (Fsp3) is 0.111. The summed E-state index contributed by atoms with van der Waals surface area (Å²) in [5.41, 5.74) is 2.47. The van der Waals surface area contributed by atoms with Gasteiger partial charge in [-0.15, -0.1) is 0 Å². The van der Waals surface area contributed by atoms with Crippen LogP contribution in [0.1, 0.15) is 11.1 Å². The molecule has 6 heteroatoms. The molecule has 0 spiro atoms. The van der Waals surface area contributed by atoms with Gasteiger partial charge in [-0.3, -0.25) is 4.79 Å². The zero-order valence-electron chi connectivity index (χ0n) is 12.9. The van der Waals surface area contributed by atoms with Crippen molar-refractivity contribution in [1.82, 2.24) is 5.32 Å². The lowest BCUT2D eigenvalue weighted by molar-refractivity contribution is -0.113. The number of hydrogen-bond acceptors (Lipinski definition) is 4. The molecule has 2 aliphatic heterocycles. The summed E-state index contributed by atoms with van der Waals surface area (Å²) in [6.07, 6.45) is 1.65. The lowest BCUT2D eigenvalue weighted by atomic mass is 10.1. The molecule has 0 bridgehead atoms. The lowest BCUT2D eigenvalue weighted by Crippen LogP contribution is -2.30. The van der Waals surface area contributed by atoms with Gasteiger partial charge in [0.25, 0.3) is 5.91 Å². The molecule has 24 heavy (non-hydrogen) atoms. The summed E-state index contributed by atoms with van der Waals surface area (Å²) < 4.78 is 10.7. The molecule has 2 aliphatic rings. The van der Waals surface area contributed by atoms with Crippen LogP contribution >= 0.6 is 0 Å². The van der Waals surface area contributed by atoms with Gasteiger partial charge in [-0.05, 0) is 48.4 Å². The second-order valence-corrected chi connectivity index (χ2v) is 5.53. The average Bonchev–Trinajstić information content (AvgIpc) is 3.13. The van der Waals surface area contributed by atoms with E-state index < -0.39 is 6.03 Å². The standard InChI is InChI=1S/C18H14N2O4/c1-11-7-15-16(24-10-23-15)9-12(11)8-14-17(21)20(18(22)19-14)13-5-3-2-4-6-13/h2-9H,10H2,1H3,(H,19,22)/b14-8+. The van der Waals surface area contributed by atoms with Crippen molar-refractivity contribution in [2.24, 2.45) is 0 Å². The fourth-order valence-electron chi connectivity index (χ4n) is 2.72. The Morgan fingerprint density at radius 3 is 2.54 bits per heavy atom. The minimum Gasteiger partial charge on any atom is -0.454 e. The Morgan fingerprint density at radius 1 is 1.08 bits per heavy atom. The summed E-state index contributed by atoms with van der Waals surface area (Å²) in [5, 5.41) is 2.62. The van der Waals surface area contributed by atoms with Crippen LogP contribution in [-0.2, 0) is 4.79 Å². The number of amides is 3. The van der Waals surface area contributed by atoms with E-state index in [9.17, 15) is 9.59 Å². The summed E-state index contributed by atoms with van der Waals surface area (Å²) in [6, 6.07) is 12.0. The Bertz CT molecular complexity index is 874. The number of nitrogens with one attached hydrogen (secondary N) is 1. The third kappa shape index (κ3) is 2.28. The Hall–Kier alpha value is -3.28. The molecule has 2 aromatic carbocycles. The van der Waals surface area contributed by atoms with E-state index in [2.05, 4.69) is 5.32 Å². The van der Waals surface area contributed by atoms with Crippen molar-refractivity contribution < 1.29 is 19.1 Å². The predicted octanol–water partition coefficient (Wildman–Crippen LogP) is 2.82. The minimum atomic E-state index is -0.462. The number of ether oxygens (including phenoxy) is 2. The molecule has 2 heterocycles. The number of fused-ring (bicyclic) bond motifs is 1. The number of imide groups is 1. The van der Waals surface area contributed by atoms with Crippen molar-refractivity contribution in [1.29, 1.82) is 0 Å². The SMILES string of the molecule is Cc1cc2c(cc1/C=C1/NC(=O)N(c3ccccc3)C1=O)OCO2. The summed E-state index contributed by atoms with van der Waals surface area (Å²) in [7, 11) is 0. The molecule has 2 aromatic rings. The third-order valence-corrected chi connectivity index (χ3v) is 3.95. The second kappa shape index (κ2) is 5.42. The Kier molecular flexibility index (Phi) is 3.23. The summed E-state index contributed by atoms with van der Waals surface area (Å²) in [4.78, 5) is 25.9. The van der Waals surface area contributed by atoms with Crippen molar-refractivity contribution in [3.63, 3.8) is 0 Å². The third-order valence-electron chi connectivity index (χ3n) is 3.95. The van der Waals surface area contributed by atoms with Crippen LogP contribution in [0, 0.1) is 6.92 Å². The number of hydrogen-bond donors (Lipinski definition) is 1. The fourth-order valence-corrected chi connectivity index (χ4v) is 2.72. The van der Waals surface area contributed by atoms with Gasteiger partial charge >= 0.3 is 6.03 Å². The van der Waals surface area contributed by atoms with Crippen LogP contribution in [-0.4, -0.2) is 18.7 Å². The molecule has 6 nitrogen and oxygen atoms in total. The second-order valence-electron chi connectivity index (χ2n) is 5.53. The number of anilines is 1. The average molecular weight is 322 g/mol. The van der Waals surface area contributed by atoms with Crippen LogP contribution < -0.4 is 19.7 Å². The van der Waals surface area contributed by atoms with E-state index in [-0.39, 0.29) is 18.4 Å². The highest BCUT2D eigenvalue weighted by molar-refractivity contribution is 6.28. The molecule has 0 radical (unpaired) electrons. The molecule has 1 fully saturated rings. The van der Waals surface area contributed by atoms with Crippen LogP contribution in [0.3, 0.4) is 0 Å². The lowest BCUT2D eigenvalue weighted by Gasteiger charge is -2.11. The molecule has 0 aromatic heterocycles. The molecule has 1 N–H and O–H groups in total. The highest BCUT2D eigenvalue weighted by atomic mass is 16.7. The van der Waals surface area contributed by atoms with E-state index >= 15 is 0 Å². The van der Waals surface area contributed by atoms with Crippen molar-refractivity contribution in [3.05, 3.63) is 59.3 Å². The Morgan fingerprint density at radius 2 is 1.79 bits per heavy atom. The van der Waals surface area contributed by atoms with Gasteiger partial charge in [-0.25, -0.2) is 9.69 Å². The van der Waals surface area contributed by atoms with Gasteiger partial charge in [-0.1, -0.05) is 18.2 Å². The van der Waals surface area contributed by atoms with E-state index in [4.69, 9.17) is 9.47 Å². The smallest absolute Gasteiger partial charge is 0.333 e. The molecule has 3 amide bonds. The van der Waals surface area contributed by atoms with Crippen LogP contribution in [0.25, 0.3) is 6.08 Å². The van der Waals surface area contributed by atoms with Crippen molar-refractivity contribution in [2.75, 3.05) is 11.7 Å². The molecular weight excluding hydrogens is 308 g/mol. The normalized spacial score (nSPS) is 17.5. The van der Waals surface area contributed by atoms with Gasteiger partial charge in [-0.2, -0.15) is 0 Å². The van der Waals surface area contributed by atoms with Gasteiger partial charge in [0.15, 0.2) is 11.5 Å². The number of nitrogens with zero attached hydrogens (tertiary/aromatic N) is 1. The van der Waals surface area contributed by atoms with Crippen molar-refractivity contribution >= 4 is 23.7 Å². The first-order valence-corrected chi connectivity index (χ1v) is 7.46. The largest absolute Gasteiger partial charge is 0.454 e. The Balaban J connectivity index is 1.70. The number of aryl methyl sites for hydroxylation is 1. The Labute approximate surface area is 138 Å². The minimum absolute atomic E-state index is 0.187. The van der Waals surface area contributed by atoms with E-state index in [0.717, 1.165) is 16.0 Å². The van der Waals surface area contributed by atoms with Gasteiger partial charge in [0.05, 0.1) is 5.69 Å². The zero-order valence-corrected chi connectivity index (χ0v) is 12.9. The van der Waals surface area contributed by atoms with Crippen LogP contribution in [0.5, 0.6) is 11.5 Å². The maximum absolute atomic E-state index is 12.6. The highest BCUT2D eigenvalue weighted by Crippen LogP contribution is 2.35. The molecule has 4 rings (SSSR count). The van der Waals surface area contributed by atoms with Crippen molar-refractivity contribution in [2.45, 2.75) is 6.92 Å². The molecule has 1 saturated heterocycles. The summed E-state index contributed by atoms with van der Waals surface area (Å²) in [5.74, 6) is 0.926. The topological polar surface area (TPSA) is 67.9 Å². The molecule has 0 saturated carbocycles. The van der Waals surface area contributed by atoms with Gasteiger partial charge in [0.1, 0.15) is 5.70 Å². The van der Waals surface area contributed by atoms with E-state index in [1.54, 1.807) is 36.4 Å². The van der Waals surface area contributed by atoms with Crippen LogP contribution in [0.4, 0.5) is 10.5 Å². The van der Waals surface area contributed by atoms with E-state index in [1.165, 1.54) is 0 Å². The predicted molar refractivity (Wildman–Crippen MR) is 87.7 cm³/mol. The number of para-hydroxylation sites is 1. The number of benzene rings is 2. The van der Waals surface area contributed by atoms with Gasteiger partial charge < -0.3 is 14.8 Å². The number of carbonyl (C=O) groups excluding carboxylic acids is 2. The van der Waals surface area contributed by atoms with E-state index in [1.807, 2.05) is 19.1 Å². The van der Waals surface area contributed by atoms with Crippen LogP contribution in [0.2, 0.25) is 0 Å². The van der Waals surface area contributed by atoms with Gasteiger partial charge in [0.2, 0.25) is 6.79 Å². The first-order valence-electron chi connectivity index (χ1n) is 7.46. The van der Waals surface area contributed by atoms with E-state index in [0.29, 0.717) is 17.2 Å². The molecular formula is C18H14N2O4. The van der Waals surface area contributed by atoms with Crippen LogP contribution in [0.15, 0.2) is 48.2 Å². The molecule has 0 aliphatic carbocycles. The van der Waals surface area contributed by atoms with Gasteiger partial charge in [0, 0.05) is 0 Å².